The molecule has 100 valence electrons. The average Bonchev–Trinajstić information content (AvgIpc) is 2.82. The molecule has 0 unspecified atom stereocenters. The molecular formula is C13H16N4O2. The van der Waals surface area contributed by atoms with Crippen molar-refractivity contribution in [2.24, 2.45) is 0 Å². The fourth-order valence-electron chi connectivity index (χ4n) is 2.58. The Balaban J connectivity index is 1.89. The van der Waals surface area contributed by atoms with E-state index in [4.69, 9.17) is 0 Å². The molecule has 1 saturated heterocycles. The van der Waals surface area contributed by atoms with Crippen LogP contribution in [0.4, 0.5) is 5.69 Å². The molecule has 2 heterocycles. The molecule has 2 aromatic rings. The van der Waals surface area contributed by atoms with E-state index in [-0.39, 0.29) is 10.6 Å². The Morgan fingerprint density at radius 3 is 2.79 bits per heavy atom. The Labute approximate surface area is 110 Å². The summed E-state index contributed by atoms with van der Waals surface area (Å²) in [6, 6.07) is 4.88. The van der Waals surface area contributed by atoms with Crippen molar-refractivity contribution in [2.75, 3.05) is 13.1 Å². The van der Waals surface area contributed by atoms with Crippen molar-refractivity contribution < 1.29 is 4.92 Å². The number of fused-ring (bicyclic) bond motifs is 1. The van der Waals surface area contributed by atoms with Crippen molar-refractivity contribution in [1.29, 1.82) is 0 Å². The number of likely N-dealkylation sites (tertiary alicyclic amines) is 1. The van der Waals surface area contributed by atoms with Crippen molar-refractivity contribution in [2.45, 2.75) is 25.9 Å². The molecule has 1 aliphatic rings. The number of piperidine rings is 1. The highest BCUT2D eigenvalue weighted by atomic mass is 16.6. The third-order valence-electron chi connectivity index (χ3n) is 3.62. The summed E-state index contributed by atoms with van der Waals surface area (Å²) in [4.78, 5) is 12.8. The zero-order valence-corrected chi connectivity index (χ0v) is 10.7. The predicted molar refractivity (Wildman–Crippen MR) is 71.8 cm³/mol. The third-order valence-corrected chi connectivity index (χ3v) is 3.62. The van der Waals surface area contributed by atoms with Crippen molar-refractivity contribution in [3.63, 3.8) is 0 Å². The summed E-state index contributed by atoms with van der Waals surface area (Å²) >= 11 is 0. The summed E-state index contributed by atoms with van der Waals surface area (Å²) in [6.07, 6.45) is 5.50. The zero-order valence-electron chi connectivity index (χ0n) is 10.7. The molecule has 0 N–H and O–H groups in total. The van der Waals surface area contributed by atoms with Crippen molar-refractivity contribution >= 4 is 16.6 Å². The zero-order chi connectivity index (χ0) is 13.2. The molecule has 3 rings (SSSR count). The maximum Gasteiger partial charge on any atom is 0.271 e. The second kappa shape index (κ2) is 4.97. The van der Waals surface area contributed by atoms with Gasteiger partial charge in [0.2, 0.25) is 0 Å². The van der Waals surface area contributed by atoms with Gasteiger partial charge in [-0.05, 0) is 32.0 Å². The lowest BCUT2D eigenvalue weighted by molar-refractivity contribution is -0.384. The molecule has 1 aromatic carbocycles. The molecule has 6 heteroatoms. The average molecular weight is 260 g/mol. The minimum atomic E-state index is -0.363. The van der Waals surface area contributed by atoms with Crippen molar-refractivity contribution in [1.82, 2.24) is 14.7 Å². The van der Waals surface area contributed by atoms with Crippen LogP contribution in [-0.4, -0.2) is 32.7 Å². The quantitative estimate of drug-likeness (QED) is 0.628. The summed E-state index contributed by atoms with van der Waals surface area (Å²) in [6.45, 7) is 2.87. The Kier molecular flexibility index (Phi) is 3.16. The summed E-state index contributed by atoms with van der Waals surface area (Å²) in [5, 5.41) is 16.1. The van der Waals surface area contributed by atoms with Crippen molar-refractivity contribution in [3.8, 4) is 0 Å². The van der Waals surface area contributed by atoms with Gasteiger partial charge in [0, 0.05) is 17.5 Å². The Bertz CT molecular complexity index is 602. The number of rotatable bonds is 3. The first-order chi connectivity index (χ1) is 9.24. The summed E-state index contributed by atoms with van der Waals surface area (Å²) in [7, 11) is 0. The fourth-order valence-corrected chi connectivity index (χ4v) is 2.58. The lowest BCUT2D eigenvalue weighted by Crippen LogP contribution is -2.32. The van der Waals surface area contributed by atoms with Crippen LogP contribution in [0.3, 0.4) is 0 Å². The Hall–Kier alpha value is -1.95. The normalized spacial score (nSPS) is 16.8. The van der Waals surface area contributed by atoms with Crippen LogP contribution in [0.1, 0.15) is 19.3 Å². The van der Waals surface area contributed by atoms with E-state index in [1.54, 1.807) is 18.3 Å². The third kappa shape index (κ3) is 2.44. The van der Waals surface area contributed by atoms with E-state index < -0.39 is 0 Å². The smallest absolute Gasteiger partial charge is 0.271 e. The van der Waals surface area contributed by atoms with E-state index in [0.717, 1.165) is 24.0 Å². The number of nitro groups is 1. The highest BCUT2D eigenvalue weighted by Crippen LogP contribution is 2.21. The number of aromatic nitrogens is 2. The molecule has 6 nitrogen and oxygen atoms in total. The molecule has 0 radical (unpaired) electrons. The van der Waals surface area contributed by atoms with Crippen LogP contribution in [0.25, 0.3) is 10.9 Å². The van der Waals surface area contributed by atoms with Crippen molar-refractivity contribution in [3.05, 3.63) is 34.5 Å². The van der Waals surface area contributed by atoms with E-state index in [9.17, 15) is 10.1 Å². The minimum Gasteiger partial charge on any atom is -0.284 e. The van der Waals surface area contributed by atoms with E-state index in [2.05, 4.69) is 10.00 Å². The standard InChI is InChI=1S/C13H16N4O2/c18-17(19)12-5-4-11-9-14-16(13(11)8-12)10-15-6-2-1-3-7-15/h4-5,8-9H,1-3,6-7,10H2. The maximum atomic E-state index is 10.8. The van der Waals surface area contributed by atoms with E-state index >= 15 is 0 Å². The molecule has 1 aromatic heterocycles. The summed E-state index contributed by atoms with van der Waals surface area (Å²) < 4.78 is 1.85. The van der Waals surface area contributed by atoms with E-state index in [1.165, 1.54) is 25.3 Å². The highest BCUT2D eigenvalue weighted by Gasteiger charge is 2.14. The lowest BCUT2D eigenvalue weighted by Gasteiger charge is -2.26. The molecule has 1 fully saturated rings. The first kappa shape index (κ1) is 12.1. The molecule has 0 saturated carbocycles. The monoisotopic (exact) mass is 260 g/mol. The minimum absolute atomic E-state index is 0.118. The molecule has 0 spiro atoms. The number of non-ortho nitro benzene ring substituents is 1. The van der Waals surface area contributed by atoms with Crippen LogP contribution in [0.15, 0.2) is 24.4 Å². The highest BCUT2D eigenvalue weighted by molar-refractivity contribution is 5.80. The van der Waals surface area contributed by atoms with E-state index in [1.807, 2.05) is 4.68 Å². The van der Waals surface area contributed by atoms with Crippen LogP contribution in [0.5, 0.6) is 0 Å². The number of hydrogen-bond acceptors (Lipinski definition) is 4. The molecule has 0 bridgehead atoms. The van der Waals surface area contributed by atoms with Gasteiger partial charge in [-0.25, -0.2) is 0 Å². The van der Waals surface area contributed by atoms with Gasteiger partial charge in [0.1, 0.15) is 0 Å². The first-order valence-electron chi connectivity index (χ1n) is 6.56. The van der Waals surface area contributed by atoms with E-state index in [0.29, 0.717) is 6.67 Å². The van der Waals surface area contributed by atoms with Crippen LogP contribution in [-0.2, 0) is 6.67 Å². The van der Waals surface area contributed by atoms with Crippen LogP contribution in [0.2, 0.25) is 0 Å². The number of nitrogens with zero attached hydrogens (tertiary/aromatic N) is 4. The second-order valence-electron chi connectivity index (χ2n) is 4.96. The molecular weight excluding hydrogens is 244 g/mol. The molecule has 19 heavy (non-hydrogen) atoms. The predicted octanol–water partition coefficient (Wildman–Crippen LogP) is 2.39. The largest absolute Gasteiger partial charge is 0.284 e. The number of nitro benzene ring substituents is 1. The topological polar surface area (TPSA) is 64.2 Å². The Morgan fingerprint density at radius 2 is 2.05 bits per heavy atom. The lowest BCUT2D eigenvalue weighted by atomic mass is 10.1. The van der Waals surface area contributed by atoms with Crippen LogP contribution < -0.4 is 0 Å². The SMILES string of the molecule is O=[N+]([O-])c1ccc2cnn(CN3CCCCC3)c2c1. The van der Waals surface area contributed by atoms with Gasteiger partial charge in [0.05, 0.1) is 23.3 Å². The summed E-state index contributed by atoms with van der Waals surface area (Å²) in [5.41, 5.74) is 0.952. The maximum absolute atomic E-state index is 10.8. The van der Waals surface area contributed by atoms with Gasteiger partial charge < -0.3 is 0 Å². The molecule has 0 amide bonds. The summed E-state index contributed by atoms with van der Waals surface area (Å²) in [5.74, 6) is 0. The number of hydrogen-bond donors (Lipinski definition) is 0. The molecule has 1 aliphatic heterocycles. The second-order valence-corrected chi connectivity index (χ2v) is 4.96. The van der Waals surface area contributed by atoms with Gasteiger partial charge in [-0.2, -0.15) is 5.10 Å². The van der Waals surface area contributed by atoms with Gasteiger partial charge in [-0.15, -0.1) is 0 Å². The molecule has 0 aliphatic carbocycles. The first-order valence-corrected chi connectivity index (χ1v) is 6.56. The fraction of sp³-hybridized carbons (Fsp3) is 0.462. The van der Waals surface area contributed by atoms with Gasteiger partial charge in [-0.3, -0.25) is 19.7 Å². The van der Waals surface area contributed by atoms with Gasteiger partial charge in [0.15, 0.2) is 0 Å². The van der Waals surface area contributed by atoms with Crippen LogP contribution in [0, 0.1) is 10.1 Å². The van der Waals surface area contributed by atoms with Gasteiger partial charge in [-0.1, -0.05) is 6.42 Å². The molecule has 0 atom stereocenters. The van der Waals surface area contributed by atoms with Gasteiger partial charge in [0.25, 0.3) is 5.69 Å². The van der Waals surface area contributed by atoms with Gasteiger partial charge >= 0.3 is 0 Å². The number of benzene rings is 1. The Morgan fingerprint density at radius 1 is 1.26 bits per heavy atom. The van der Waals surface area contributed by atoms with Crippen LogP contribution >= 0.6 is 0 Å².